The van der Waals surface area contributed by atoms with Gasteiger partial charge in [0.1, 0.15) is 6.04 Å². The van der Waals surface area contributed by atoms with E-state index in [1.54, 1.807) is 20.8 Å². The van der Waals surface area contributed by atoms with E-state index in [9.17, 15) is 14.4 Å². The van der Waals surface area contributed by atoms with Crippen LogP contribution in [0.2, 0.25) is 0 Å². The monoisotopic (exact) mass is 279 g/mol. The zero-order chi connectivity index (χ0) is 14.9. The molecule has 1 saturated heterocycles. The Balaban J connectivity index is 2.08. The van der Waals surface area contributed by atoms with Crippen LogP contribution in [-0.2, 0) is 14.4 Å². The molecule has 1 aliphatic heterocycles. The molecule has 7 nitrogen and oxygen atoms in total. The molecule has 108 valence electrons. The molecule has 1 aromatic heterocycles. The van der Waals surface area contributed by atoms with Gasteiger partial charge in [0, 0.05) is 6.42 Å². The molecule has 1 atom stereocenters. The van der Waals surface area contributed by atoms with Gasteiger partial charge in [-0.2, -0.15) is 5.10 Å². The average Bonchev–Trinajstić information content (AvgIpc) is 2.76. The predicted molar refractivity (Wildman–Crippen MR) is 68.7 cm³/mol. The first-order chi connectivity index (χ1) is 9.27. The third-order valence-electron chi connectivity index (χ3n) is 2.93. The summed E-state index contributed by atoms with van der Waals surface area (Å²) < 4.78 is 6.60. The molecule has 0 aliphatic carbocycles. The summed E-state index contributed by atoms with van der Waals surface area (Å²) in [5.41, 5.74) is -0.614. The van der Waals surface area contributed by atoms with Crippen molar-refractivity contribution in [1.82, 2.24) is 15.1 Å². The van der Waals surface area contributed by atoms with Gasteiger partial charge in [-0.25, -0.2) is 0 Å². The van der Waals surface area contributed by atoms with Crippen molar-refractivity contribution in [2.45, 2.75) is 39.7 Å². The summed E-state index contributed by atoms with van der Waals surface area (Å²) in [5, 5.41) is 6.27. The summed E-state index contributed by atoms with van der Waals surface area (Å²) in [5.74, 6) is -0.759. The molecule has 20 heavy (non-hydrogen) atoms. The number of aromatic nitrogens is 2. The Morgan fingerprint density at radius 3 is 2.75 bits per heavy atom. The zero-order valence-corrected chi connectivity index (χ0v) is 11.7. The number of rotatable bonds is 2. The largest absolute Gasteiger partial charge is 0.423 e. The number of esters is 1. The second-order valence-corrected chi connectivity index (χ2v) is 5.76. The van der Waals surface area contributed by atoms with E-state index in [-0.39, 0.29) is 24.0 Å². The first-order valence-corrected chi connectivity index (χ1v) is 6.37. The number of hydrogen-bond donors (Lipinski definition) is 1. The molecule has 1 fully saturated rings. The quantitative estimate of drug-likeness (QED) is 0.639. The number of ether oxygens (including phenoxy) is 1. The lowest BCUT2D eigenvalue weighted by Crippen LogP contribution is -2.41. The van der Waals surface area contributed by atoms with E-state index in [1.165, 1.54) is 17.1 Å². The van der Waals surface area contributed by atoms with Gasteiger partial charge in [-0.3, -0.25) is 24.4 Å². The SMILES string of the molecule is CC(C)(C)C(=O)Oc1cnn(C2CCC(=O)NC2=O)c1. The van der Waals surface area contributed by atoms with Crippen LogP contribution < -0.4 is 10.1 Å². The van der Waals surface area contributed by atoms with Crippen molar-refractivity contribution in [3.05, 3.63) is 12.4 Å². The van der Waals surface area contributed by atoms with Crippen LogP contribution in [0.5, 0.6) is 5.75 Å². The molecular weight excluding hydrogens is 262 g/mol. The number of piperidine rings is 1. The molecule has 7 heteroatoms. The molecule has 2 amide bonds. The topological polar surface area (TPSA) is 90.3 Å². The van der Waals surface area contributed by atoms with Crippen LogP contribution in [0.15, 0.2) is 12.4 Å². The van der Waals surface area contributed by atoms with E-state index in [1.807, 2.05) is 0 Å². The van der Waals surface area contributed by atoms with Gasteiger partial charge in [-0.1, -0.05) is 0 Å². The molecule has 0 radical (unpaired) electrons. The highest BCUT2D eigenvalue weighted by atomic mass is 16.5. The summed E-state index contributed by atoms with van der Waals surface area (Å²) in [6.45, 7) is 5.25. The summed E-state index contributed by atoms with van der Waals surface area (Å²) in [4.78, 5) is 34.5. The number of nitrogens with zero attached hydrogens (tertiary/aromatic N) is 2. The van der Waals surface area contributed by atoms with Crippen molar-refractivity contribution >= 4 is 17.8 Å². The van der Waals surface area contributed by atoms with Gasteiger partial charge < -0.3 is 4.74 Å². The summed E-state index contributed by atoms with van der Waals surface area (Å²) >= 11 is 0. The molecule has 1 N–H and O–H groups in total. The minimum atomic E-state index is -0.614. The second kappa shape index (κ2) is 5.07. The molecular formula is C13H17N3O4. The van der Waals surface area contributed by atoms with E-state index in [4.69, 9.17) is 4.74 Å². The first-order valence-electron chi connectivity index (χ1n) is 6.37. The van der Waals surface area contributed by atoms with Crippen LogP contribution in [0.3, 0.4) is 0 Å². The van der Waals surface area contributed by atoms with Crippen LogP contribution in [-0.4, -0.2) is 27.6 Å². The first kappa shape index (κ1) is 14.2. The number of imide groups is 1. The summed E-state index contributed by atoms with van der Waals surface area (Å²) in [6, 6.07) is -0.546. The minimum absolute atomic E-state index is 0.271. The lowest BCUT2D eigenvalue weighted by molar-refractivity contribution is -0.143. The predicted octanol–water partition coefficient (Wildman–Crippen LogP) is 0.812. The summed E-state index contributed by atoms with van der Waals surface area (Å²) in [7, 11) is 0. The van der Waals surface area contributed by atoms with E-state index in [0.29, 0.717) is 6.42 Å². The normalized spacial score (nSPS) is 19.6. The van der Waals surface area contributed by atoms with Crippen LogP contribution in [0.4, 0.5) is 0 Å². The Kier molecular flexibility index (Phi) is 3.61. The van der Waals surface area contributed by atoms with Gasteiger partial charge in [0.25, 0.3) is 5.91 Å². The van der Waals surface area contributed by atoms with Crippen LogP contribution in [0.25, 0.3) is 0 Å². The van der Waals surface area contributed by atoms with Crippen LogP contribution in [0.1, 0.15) is 39.7 Å². The standard InChI is InChI=1S/C13H17N3O4/c1-13(2,3)12(19)20-8-6-14-16(7-8)9-4-5-10(17)15-11(9)18/h6-7,9H,4-5H2,1-3H3,(H,15,17,18). The number of amides is 2. The molecule has 0 aromatic carbocycles. The zero-order valence-electron chi connectivity index (χ0n) is 11.7. The molecule has 1 aromatic rings. The molecule has 1 unspecified atom stereocenters. The van der Waals surface area contributed by atoms with E-state index >= 15 is 0 Å². The lowest BCUT2D eigenvalue weighted by atomic mass is 9.97. The van der Waals surface area contributed by atoms with Crippen molar-refractivity contribution in [2.24, 2.45) is 5.41 Å². The number of carbonyl (C=O) groups excluding carboxylic acids is 3. The highest BCUT2D eigenvalue weighted by Crippen LogP contribution is 2.22. The molecule has 0 saturated carbocycles. The fourth-order valence-corrected chi connectivity index (χ4v) is 1.74. The maximum Gasteiger partial charge on any atom is 0.316 e. The smallest absolute Gasteiger partial charge is 0.316 e. The maximum absolute atomic E-state index is 11.7. The Bertz CT molecular complexity index is 556. The summed E-state index contributed by atoms with van der Waals surface area (Å²) in [6.07, 6.45) is 3.53. The molecule has 2 rings (SSSR count). The fraction of sp³-hybridized carbons (Fsp3) is 0.538. The Morgan fingerprint density at radius 1 is 1.45 bits per heavy atom. The number of hydrogen-bond acceptors (Lipinski definition) is 5. The minimum Gasteiger partial charge on any atom is -0.423 e. The van der Waals surface area contributed by atoms with Crippen molar-refractivity contribution in [1.29, 1.82) is 0 Å². The van der Waals surface area contributed by atoms with Crippen molar-refractivity contribution in [3.63, 3.8) is 0 Å². The van der Waals surface area contributed by atoms with E-state index < -0.39 is 17.4 Å². The lowest BCUT2D eigenvalue weighted by Gasteiger charge is -2.20. The average molecular weight is 279 g/mol. The van der Waals surface area contributed by atoms with Gasteiger partial charge >= 0.3 is 5.97 Å². The molecule has 1 aliphatic rings. The third kappa shape index (κ3) is 3.04. The number of nitrogens with one attached hydrogen (secondary N) is 1. The molecule has 2 heterocycles. The van der Waals surface area contributed by atoms with E-state index in [0.717, 1.165) is 0 Å². The van der Waals surface area contributed by atoms with Crippen molar-refractivity contribution < 1.29 is 19.1 Å². The van der Waals surface area contributed by atoms with Crippen LogP contribution >= 0.6 is 0 Å². The second-order valence-electron chi connectivity index (χ2n) is 5.76. The van der Waals surface area contributed by atoms with Crippen molar-refractivity contribution in [2.75, 3.05) is 0 Å². The van der Waals surface area contributed by atoms with Gasteiger partial charge in [0.2, 0.25) is 5.91 Å². The van der Waals surface area contributed by atoms with Gasteiger partial charge in [-0.15, -0.1) is 0 Å². The van der Waals surface area contributed by atoms with Crippen LogP contribution in [0, 0.1) is 5.41 Å². The number of carbonyl (C=O) groups is 3. The van der Waals surface area contributed by atoms with Gasteiger partial charge in [0.05, 0.1) is 17.8 Å². The Morgan fingerprint density at radius 2 is 2.15 bits per heavy atom. The fourth-order valence-electron chi connectivity index (χ4n) is 1.74. The third-order valence-corrected chi connectivity index (χ3v) is 2.93. The highest BCUT2D eigenvalue weighted by molar-refractivity contribution is 5.99. The highest BCUT2D eigenvalue weighted by Gasteiger charge is 2.29. The van der Waals surface area contributed by atoms with Gasteiger partial charge in [0.15, 0.2) is 5.75 Å². The molecule has 0 spiro atoms. The Hall–Kier alpha value is -2.18. The van der Waals surface area contributed by atoms with Crippen molar-refractivity contribution in [3.8, 4) is 5.75 Å². The molecule has 0 bridgehead atoms. The van der Waals surface area contributed by atoms with Gasteiger partial charge in [-0.05, 0) is 27.2 Å². The Labute approximate surface area is 116 Å². The maximum atomic E-state index is 11.7. The van der Waals surface area contributed by atoms with E-state index in [2.05, 4.69) is 10.4 Å².